The zero-order valence-corrected chi connectivity index (χ0v) is 12.1. The number of hydrogen-bond donors (Lipinski definition) is 1. The molecule has 106 valence electrons. The van der Waals surface area contributed by atoms with Crippen molar-refractivity contribution >= 4 is 11.6 Å². The average molecular weight is 272 g/mol. The molecule has 0 radical (unpaired) electrons. The number of carbonyl (C=O) groups excluding carboxylic acids is 1. The van der Waals surface area contributed by atoms with E-state index >= 15 is 0 Å². The maximum absolute atomic E-state index is 11.3. The van der Waals surface area contributed by atoms with Crippen molar-refractivity contribution in [3.05, 3.63) is 48.0 Å². The van der Waals surface area contributed by atoms with Gasteiger partial charge in [-0.25, -0.2) is 4.98 Å². The third-order valence-corrected chi connectivity index (χ3v) is 3.39. The van der Waals surface area contributed by atoms with Crippen LogP contribution in [-0.2, 0) is 11.2 Å². The standard InChI is InChI=1S/C15H20N4O/c1-11(15(16)20)19-9-8-17-14(19)10-12-4-6-13(7-5-12)18(2)3/h4-9,11H,10H2,1-3H3,(H2,16,20). The number of primary amides is 1. The molecule has 2 N–H and O–H groups in total. The van der Waals surface area contributed by atoms with Gasteiger partial charge in [0.1, 0.15) is 11.9 Å². The molecule has 1 heterocycles. The van der Waals surface area contributed by atoms with Gasteiger partial charge in [0, 0.05) is 38.6 Å². The molecule has 5 nitrogen and oxygen atoms in total. The van der Waals surface area contributed by atoms with E-state index in [0.29, 0.717) is 6.42 Å². The Balaban J connectivity index is 2.18. The lowest BCUT2D eigenvalue weighted by molar-refractivity contribution is -0.120. The van der Waals surface area contributed by atoms with Gasteiger partial charge in [-0.15, -0.1) is 0 Å². The first-order valence-electron chi connectivity index (χ1n) is 6.56. The minimum absolute atomic E-state index is 0.354. The monoisotopic (exact) mass is 272 g/mol. The van der Waals surface area contributed by atoms with Crippen LogP contribution < -0.4 is 10.6 Å². The highest BCUT2D eigenvalue weighted by molar-refractivity contribution is 5.78. The molecule has 0 aliphatic rings. The van der Waals surface area contributed by atoms with Crippen LogP contribution >= 0.6 is 0 Å². The molecule has 0 fully saturated rings. The Bertz CT molecular complexity index is 586. The van der Waals surface area contributed by atoms with Crippen LogP contribution in [0.25, 0.3) is 0 Å². The van der Waals surface area contributed by atoms with Crippen LogP contribution in [0.1, 0.15) is 24.4 Å². The Morgan fingerprint density at radius 3 is 2.55 bits per heavy atom. The van der Waals surface area contributed by atoms with E-state index in [-0.39, 0.29) is 11.9 Å². The SMILES string of the molecule is CC(C(N)=O)n1ccnc1Cc1ccc(N(C)C)cc1. The van der Waals surface area contributed by atoms with Gasteiger partial charge >= 0.3 is 0 Å². The molecular formula is C15H20N4O. The van der Waals surface area contributed by atoms with Gasteiger partial charge in [-0.2, -0.15) is 0 Å². The zero-order valence-electron chi connectivity index (χ0n) is 12.1. The molecule has 0 spiro atoms. The maximum Gasteiger partial charge on any atom is 0.240 e. The van der Waals surface area contributed by atoms with Gasteiger partial charge in [-0.3, -0.25) is 4.79 Å². The van der Waals surface area contributed by atoms with Crippen molar-refractivity contribution in [2.75, 3.05) is 19.0 Å². The number of hydrogen-bond acceptors (Lipinski definition) is 3. The van der Waals surface area contributed by atoms with Crippen LogP contribution in [0.3, 0.4) is 0 Å². The molecule has 1 atom stereocenters. The fraction of sp³-hybridized carbons (Fsp3) is 0.333. The van der Waals surface area contributed by atoms with Gasteiger partial charge in [0.15, 0.2) is 0 Å². The van der Waals surface area contributed by atoms with Gasteiger partial charge in [-0.1, -0.05) is 12.1 Å². The minimum atomic E-state index is -0.381. The topological polar surface area (TPSA) is 64.2 Å². The van der Waals surface area contributed by atoms with Crippen LogP contribution in [-0.4, -0.2) is 29.6 Å². The average Bonchev–Trinajstić information content (AvgIpc) is 2.86. The Labute approximate surface area is 119 Å². The predicted molar refractivity (Wildman–Crippen MR) is 79.7 cm³/mol. The Hall–Kier alpha value is -2.30. The van der Waals surface area contributed by atoms with Crippen molar-refractivity contribution in [2.24, 2.45) is 5.73 Å². The lowest BCUT2D eigenvalue weighted by Crippen LogP contribution is -2.25. The van der Waals surface area contributed by atoms with Crippen LogP contribution in [0.4, 0.5) is 5.69 Å². The summed E-state index contributed by atoms with van der Waals surface area (Å²) in [5.41, 5.74) is 7.66. The lowest BCUT2D eigenvalue weighted by Gasteiger charge is -2.14. The van der Waals surface area contributed by atoms with Crippen molar-refractivity contribution in [1.82, 2.24) is 9.55 Å². The summed E-state index contributed by atoms with van der Waals surface area (Å²) in [5.74, 6) is 0.487. The molecule has 0 aliphatic heterocycles. The summed E-state index contributed by atoms with van der Waals surface area (Å²) in [5, 5.41) is 0. The van der Waals surface area contributed by atoms with Gasteiger partial charge in [0.25, 0.3) is 0 Å². The molecule has 1 aromatic carbocycles. The summed E-state index contributed by atoms with van der Waals surface area (Å²) in [6.07, 6.45) is 4.17. The molecule has 0 saturated heterocycles. The summed E-state index contributed by atoms with van der Waals surface area (Å²) < 4.78 is 1.82. The van der Waals surface area contributed by atoms with Crippen molar-refractivity contribution in [3.63, 3.8) is 0 Å². The fourth-order valence-electron chi connectivity index (χ4n) is 2.07. The molecule has 20 heavy (non-hydrogen) atoms. The molecule has 2 rings (SSSR count). The highest BCUT2D eigenvalue weighted by Crippen LogP contribution is 2.16. The second-order valence-electron chi connectivity index (χ2n) is 5.07. The number of aromatic nitrogens is 2. The van der Waals surface area contributed by atoms with Crippen LogP contribution in [0.15, 0.2) is 36.7 Å². The van der Waals surface area contributed by atoms with Crippen LogP contribution in [0, 0.1) is 0 Å². The smallest absolute Gasteiger partial charge is 0.240 e. The number of amides is 1. The van der Waals surface area contributed by atoms with E-state index in [1.54, 1.807) is 19.3 Å². The first kappa shape index (κ1) is 14.1. The van der Waals surface area contributed by atoms with E-state index < -0.39 is 0 Å². The number of imidazole rings is 1. The number of nitrogens with zero attached hydrogens (tertiary/aromatic N) is 3. The number of benzene rings is 1. The van der Waals surface area contributed by atoms with E-state index in [2.05, 4.69) is 34.1 Å². The third-order valence-electron chi connectivity index (χ3n) is 3.39. The zero-order chi connectivity index (χ0) is 14.7. The molecule has 1 aromatic heterocycles. The van der Waals surface area contributed by atoms with Crippen molar-refractivity contribution in [3.8, 4) is 0 Å². The van der Waals surface area contributed by atoms with E-state index in [1.807, 2.05) is 18.7 Å². The third kappa shape index (κ3) is 2.99. The van der Waals surface area contributed by atoms with Crippen molar-refractivity contribution in [2.45, 2.75) is 19.4 Å². The van der Waals surface area contributed by atoms with E-state index in [4.69, 9.17) is 5.73 Å². The molecule has 0 bridgehead atoms. The summed E-state index contributed by atoms with van der Waals surface area (Å²) in [7, 11) is 4.02. The number of anilines is 1. The minimum Gasteiger partial charge on any atom is -0.378 e. The van der Waals surface area contributed by atoms with E-state index in [1.165, 1.54) is 0 Å². The fourth-order valence-corrected chi connectivity index (χ4v) is 2.07. The molecule has 1 amide bonds. The highest BCUT2D eigenvalue weighted by Gasteiger charge is 2.14. The second-order valence-corrected chi connectivity index (χ2v) is 5.07. The normalized spacial score (nSPS) is 12.2. The van der Waals surface area contributed by atoms with Gasteiger partial charge < -0.3 is 15.2 Å². The number of rotatable bonds is 5. The Morgan fingerprint density at radius 1 is 1.35 bits per heavy atom. The summed E-state index contributed by atoms with van der Waals surface area (Å²) in [4.78, 5) is 17.7. The van der Waals surface area contributed by atoms with Gasteiger partial charge in [0.05, 0.1) is 0 Å². The second kappa shape index (κ2) is 5.77. The first-order valence-corrected chi connectivity index (χ1v) is 6.56. The lowest BCUT2D eigenvalue weighted by atomic mass is 10.1. The van der Waals surface area contributed by atoms with Gasteiger partial charge in [0.2, 0.25) is 5.91 Å². The molecule has 1 unspecified atom stereocenters. The molecule has 2 aromatic rings. The number of nitrogens with two attached hydrogens (primary N) is 1. The van der Waals surface area contributed by atoms with Crippen LogP contribution in [0.5, 0.6) is 0 Å². The van der Waals surface area contributed by atoms with Crippen molar-refractivity contribution in [1.29, 1.82) is 0 Å². The van der Waals surface area contributed by atoms with Gasteiger partial charge in [-0.05, 0) is 24.6 Å². The molecule has 0 aliphatic carbocycles. The Kier molecular flexibility index (Phi) is 4.08. The summed E-state index contributed by atoms with van der Waals surface area (Å²) >= 11 is 0. The summed E-state index contributed by atoms with van der Waals surface area (Å²) in [6, 6.07) is 7.90. The molecule has 5 heteroatoms. The first-order chi connectivity index (χ1) is 9.49. The largest absolute Gasteiger partial charge is 0.378 e. The van der Waals surface area contributed by atoms with Crippen molar-refractivity contribution < 1.29 is 4.79 Å². The molecular weight excluding hydrogens is 252 g/mol. The van der Waals surface area contributed by atoms with Crippen LogP contribution in [0.2, 0.25) is 0 Å². The Morgan fingerprint density at radius 2 is 2.00 bits per heavy atom. The molecule has 0 saturated carbocycles. The number of carbonyl (C=O) groups is 1. The van der Waals surface area contributed by atoms with E-state index in [9.17, 15) is 4.79 Å². The predicted octanol–water partition coefficient (Wildman–Crippen LogP) is 1.59. The highest BCUT2D eigenvalue weighted by atomic mass is 16.1. The maximum atomic E-state index is 11.3. The van der Waals surface area contributed by atoms with E-state index in [0.717, 1.165) is 17.1 Å². The quantitative estimate of drug-likeness (QED) is 0.899. The summed E-state index contributed by atoms with van der Waals surface area (Å²) in [6.45, 7) is 1.78.